The van der Waals surface area contributed by atoms with Gasteiger partial charge in [-0.05, 0) is 22.5 Å². The van der Waals surface area contributed by atoms with E-state index in [-0.39, 0.29) is 10.0 Å². The maximum Gasteiger partial charge on any atom is -0.0169 e. The average Bonchev–Trinajstić information content (AvgIpc) is 1.92. The Morgan fingerprint density at radius 3 is 1.20 bits per heavy atom. The molecule has 0 heterocycles. The molecular formula is C9H22S. The second-order valence-electron chi connectivity index (χ2n) is 3.03. The van der Waals surface area contributed by atoms with Gasteiger partial charge in [0.15, 0.2) is 0 Å². The average molecular weight is 162 g/mol. The standard InChI is InChI=1S/C9H22S/c1-6-10(7-2,8-3)9(4)5/h9H,6-8H2,1-5H3. The minimum absolute atomic E-state index is 0.227. The molecule has 0 spiro atoms. The van der Waals surface area contributed by atoms with E-state index in [1.165, 1.54) is 17.3 Å². The molecule has 0 atom stereocenters. The van der Waals surface area contributed by atoms with Gasteiger partial charge in [0.1, 0.15) is 0 Å². The molecule has 0 rings (SSSR count). The smallest absolute Gasteiger partial charge is 0.0169 e. The fourth-order valence-electron chi connectivity index (χ4n) is 1.61. The molecule has 64 valence electrons. The Balaban J connectivity index is 4.15. The lowest BCUT2D eigenvalue weighted by atomic mass is 10.6. The minimum Gasteiger partial charge on any atom is -0.239 e. The van der Waals surface area contributed by atoms with Crippen molar-refractivity contribution in [1.29, 1.82) is 0 Å². The van der Waals surface area contributed by atoms with E-state index in [0.717, 1.165) is 5.25 Å². The molecule has 0 aromatic carbocycles. The van der Waals surface area contributed by atoms with E-state index >= 15 is 0 Å². The lowest BCUT2D eigenvalue weighted by molar-refractivity contribution is 1.06. The van der Waals surface area contributed by atoms with Crippen molar-refractivity contribution in [2.45, 2.75) is 39.9 Å². The van der Waals surface area contributed by atoms with Gasteiger partial charge < -0.3 is 0 Å². The monoisotopic (exact) mass is 162 g/mol. The molecule has 0 aromatic heterocycles. The molecule has 0 unspecified atom stereocenters. The van der Waals surface area contributed by atoms with E-state index in [9.17, 15) is 0 Å². The van der Waals surface area contributed by atoms with Crippen LogP contribution in [0.5, 0.6) is 0 Å². The second kappa shape index (κ2) is 4.27. The molecule has 0 radical (unpaired) electrons. The third kappa shape index (κ3) is 1.91. The first kappa shape index (κ1) is 10.3. The van der Waals surface area contributed by atoms with E-state index in [1.807, 2.05) is 0 Å². The van der Waals surface area contributed by atoms with Gasteiger partial charge in [0, 0.05) is 0 Å². The molecule has 0 amide bonds. The van der Waals surface area contributed by atoms with Crippen molar-refractivity contribution < 1.29 is 0 Å². The molecule has 0 aliphatic rings. The quantitative estimate of drug-likeness (QED) is 0.595. The fraction of sp³-hybridized carbons (Fsp3) is 1.00. The zero-order valence-electron chi connectivity index (χ0n) is 8.11. The molecule has 0 bridgehead atoms. The van der Waals surface area contributed by atoms with Crippen LogP contribution >= 0.6 is 10.0 Å². The fourth-order valence-corrected chi connectivity index (χ4v) is 4.84. The van der Waals surface area contributed by atoms with Crippen LogP contribution in [-0.2, 0) is 0 Å². The number of hydrogen-bond donors (Lipinski definition) is 0. The first-order chi connectivity index (χ1) is 4.63. The first-order valence-electron chi connectivity index (χ1n) is 4.38. The van der Waals surface area contributed by atoms with Crippen LogP contribution < -0.4 is 0 Å². The van der Waals surface area contributed by atoms with Crippen LogP contribution in [0.15, 0.2) is 0 Å². The molecule has 0 aliphatic heterocycles. The van der Waals surface area contributed by atoms with Gasteiger partial charge in [0.05, 0.1) is 0 Å². The van der Waals surface area contributed by atoms with Gasteiger partial charge in [-0.25, -0.2) is 10.0 Å². The van der Waals surface area contributed by atoms with Crippen LogP contribution in [0.1, 0.15) is 34.6 Å². The van der Waals surface area contributed by atoms with Gasteiger partial charge in [-0.3, -0.25) is 0 Å². The lowest BCUT2D eigenvalue weighted by Crippen LogP contribution is -2.18. The highest BCUT2D eigenvalue weighted by Gasteiger charge is 2.20. The molecule has 0 fully saturated rings. The molecule has 0 N–H and O–H groups in total. The van der Waals surface area contributed by atoms with Crippen molar-refractivity contribution in [2.75, 3.05) is 17.3 Å². The maximum absolute atomic E-state index is 2.38. The molecule has 0 saturated carbocycles. The predicted molar refractivity (Wildman–Crippen MR) is 54.4 cm³/mol. The highest BCUT2D eigenvalue weighted by molar-refractivity contribution is 8.34. The summed E-state index contributed by atoms with van der Waals surface area (Å²) in [6, 6.07) is 0. The van der Waals surface area contributed by atoms with E-state index in [1.54, 1.807) is 0 Å². The van der Waals surface area contributed by atoms with E-state index in [4.69, 9.17) is 0 Å². The summed E-state index contributed by atoms with van der Waals surface area (Å²) in [5.41, 5.74) is 0. The van der Waals surface area contributed by atoms with Crippen molar-refractivity contribution in [3.63, 3.8) is 0 Å². The summed E-state index contributed by atoms with van der Waals surface area (Å²) in [6.45, 7) is 11.8. The van der Waals surface area contributed by atoms with E-state index in [2.05, 4.69) is 34.6 Å². The predicted octanol–water partition coefficient (Wildman–Crippen LogP) is 3.26. The maximum atomic E-state index is 2.38. The van der Waals surface area contributed by atoms with Gasteiger partial charge >= 0.3 is 0 Å². The molecule has 0 saturated heterocycles. The SMILES string of the molecule is CCS(CC)(CC)C(C)C. The Morgan fingerprint density at radius 1 is 0.900 bits per heavy atom. The summed E-state index contributed by atoms with van der Waals surface area (Å²) in [4.78, 5) is 0. The number of rotatable bonds is 4. The topological polar surface area (TPSA) is 0 Å². The third-order valence-electron chi connectivity index (χ3n) is 2.72. The van der Waals surface area contributed by atoms with Crippen LogP contribution in [0, 0.1) is 0 Å². The summed E-state index contributed by atoms with van der Waals surface area (Å²) < 4.78 is 0. The lowest BCUT2D eigenvalue weighted by Gasteiger charge is -2.41. The van der Waals surface area contributed by atoms with Gasteiger partial charge in [-0.2, -0.15) is 0 Å². The Kier molecular flexibility index (Phi) is 4.42. The van der Waals surface area contributed by atoms with Gasteiger partial charge in [-0.1, -0.05) is 34.6 Å². The van der Waals surface area contributed by atoms with Crippen molar-refractivity contribution in [3.8, 4) is 0 Å². The molecule has 1 heteroatoms. The van der Waals surface area contributed by atoms with Gasteiger partial charge in [0.25, 0.3) is 0 Å². The summed E-state index contributed by atoms with van der Waals surface area (Å²) in [6.07, 6.45) is 0. The zero-order chi connectivity index (χ0) is 8.20. The molecule has 0 aliphatic carbocycles. The number of hydrogen-bond acceptors (Lipinski definition) is 0. The Hall–Kier alpha value is 0.350. The highest BCUT2D eigenvalue weighted by atomic mass is 32.3. The summed E-state index contributed by atoms with van der Waals surface area (Å²) in [5.74, 6) is 4.24. The van der Waals surface area contributed by atoms with E-state index in [0.29, 0.717) is 0 Å². The Labute approximate surface area is 67.7 Å². The largest absolute Gasteiger partial charge is 0.239 e. The Bertz CT molecular complexity index is 74.5. The molecule has 0 nitrogen and oxygen atoms in total. The molecule has 10 heavy (non-hydrogen) atoms. The van der Waals surface area contributed by atoms with Crippen LogP contribution in [0.25, 0.3) is 0 Å². The van der Waals surface area contributed by atoms with Gasteiger partial charge in [-0.15, -0.1) is 0 Å². The highest BCUT2D eigenvalue weighted by Crippen LogP contribution is 2.51. The van der Waals surface area contributed by atoms with Crippen LogP contribution in [0.2, 0.25) is 0 Å². The van der Waals surface area contributed by atoms with Crippen molar-refractivity contribution in [3.05, 3.63) is 0 Å². The van der Waals surface area contributed by atoms with Crippen molar-refractivity contribution in [1.82, 2.24) is 0 Å². The zero-order valence-corrected chi connectivity index (χ0v) is 8.92. The second-order valence-corrected chi connectivity index (χ2v) is 7.93. The van der Waals surface area contributed by atoms with Gasteiger partial charge in [0.2, 0.25) is 0 Å². The molecular weight excluding hydrogens is 140 g/mol. The van der Waals surface area contributed by atoms with Crippen molar-refractivity contribution in [2.24, 2.45) is 0 Å². The van der Waals surface area contributed by atoms with Crippen molar-refractivity contribution >= 4 is 10.0 Å². The van der Waals surface area contributed by atoms with Crippen LogP contribution in [0.3, 0.4) is 0 Å². The Morgan fingerprint density at radius 2 is 1.20 bits per heavy atom. The van der Waals surface area contributed by atoms with Crippen LogP contribution in [0.4, 0.5) is 0 Å². The first-order valence-corrected chi connectivity index (χ1v) is 6.58. The summed E-state index contributed by atoms with van der Waals surface area (Å²) in [5, 5.41) is 0.924. The summed E-state index contributed by atoms with van der Waals surface area (Å²) in [7, 11) is -0.227. The van der Waals surface area contributed by atoms with E-state index < -0.39 is 0 Å². The molecule has 0 aromatic rings. The normalized spacial score (nSPS) is 14.2. The third-order valence-corrected chi connectivity index (χ3v) is 8.17. The summed E-state index contributed by atoms with van der Waals surface area (Å²) >= 11 is 0. The van der Waals surface area contributed by atoms with Crippen LogP contribution in [-0.4, -0.2) is 22.5 Å². The minimum atomic E-state index is -0.227.